The van der Waals surface area contributed by atoms with Gasteiger partial charge in [-0.2, -0.15) is 0 Å². The third-order valence-corrected chi connectivity index (χ3v) is 5.60. The summed E-state index contributed by atoms with van der Waals surface area (Å²) in [5.41, 5.74) is 0. The molecule has 1 N–H and O–H groups in total. The molecule has 0 aromatic rings. The van der Waals surface area contributed by atoms with Gasteiger partial charge in [-0.1, -0.05) is 19.8 Å². The molecular formula is C16H27NO3. The lowest BCUT2D eigenvalue weighted by Gasteiger charge is -2.38. The van der Waals surface area contributed by atoms with Crippen LogP contribution in [0.4, 0.5) is 0 Å². The number of fused-ring (bicyclic) bond motifs is 1. The fraction of sp³-hybridized carbons (Fsp3) is 0.938. The molecule has 4 heteroatoms. The van der Waals surface area contributed by atoms with Crippen molar-refractivity contribution >= 4 is 5.97 Å². The number of carboxylic acids is 1. The van der Waals surface area contributed by atoms with E-state index in [1.54, 1.807) is 0 Å². The quantitative estimate of drug-likeness (QED) is 0.860. The summed E-state index contributed by atoms with van der Waals surface area (Å²) in [5, 5.41) is 9.66. The highest BCUT2D eigenvalue weighted by molar-refractivity contribution is 5.74. The van der Waals surface area contributed by atoms with Crippen molar-refractivity contribution < 1.29 is 14.6 Å². The molecule has 0 amide bonds. The molecule has 114 valence electrons. The minimum atomic E-state index is -0.599. The first kappa shape index (κ1) is 14.3. The molecule has 0 bridgehead atoms. The summed E-state index contributed by atoms with van der Waals surface area (Å²) in [6.45, 7) is 3.99. The predicted octanol–water partition coefficient (Wildman–Crippen LogP) is 2.52. The summed E-state index contributed by atoms with van der Waals surface area (Å²) in [6, 6.07) is 0.194. The Morgan fingerprint density at radius 3 is 2.95 bits per heavy atom. The molecule has 0 aromatic carbocycles. The van der Waals surface area contributed by atoms with E-state index in [0.717, 1.165) is 45.3 Å². The molecule has 2 saturated heterocycles. The summed E-state index contributed by atoms with van der Waals surface area (Å²) in [7, 11) is 0. The number of likely N-dealkylation sites (tertiary alicyclic amines) is 1. The molecule has 0 radical (unpaired) electrons. The van der Waals surface area contributed by atoms with Crippen LogP contribution in [-0.4, -0.2) is 47.3 Å². The second-order valence-electron chi connectivity index (χ2n) is 6.79. The average Bonchev–Trinajstić information content (AvgIpc) is 2.98. The molecule has 0 spiro atoms. The summed E-state index contributed by atoms with van der Waals surface area (Å²) in [6.07, 6.45) is 8.18. The van der Waals surface area contributed by atoms with Crippen LogP contribution in [0.5, 0.6) is 0 Å². The maximum Gasteiger partial charge on any atom is 0.321 e. The van der Waals surface area contributed by atoms with Gasteiger partial charge in [0, 0.05) is 19.2 Å². The molecule has 3 aliphatic rings. The van der Waals surface area contributed by atoms with Gasteiger partial charge in [-0.3, -0.25) is 9.69 Å². The zero-order chi connectivity index (χ0) is 14.1. The van der Waals surface area contributed by atoms with Crippen molar-refractivity contribution in [3.63, 3.8) is 0 Å². The normalized spacial score (nSPS) is 41.8. The predicted molar refractivity (Wildman–Crippen MR) is 76.6 cm³/mol. The van der Waals surface area contributed by atoms with Crippen LogP contribution in [0.3, 0.4) is 0 Å². The molecule has 2 heterocycles. The van der Waals surface area contributed by atoms with Gasteiger partial charge in [0.25, 0.3) is 0 Å². The molecule has 3 fully saturated rings. The molecule has 5 unspecified atom stereocenters. The Labute approximate surface area is 121 Å². The Balaban J connectivity index is 1.70. The number of carboxylic acid groups (broad SMARTS) is 1. The van der Waals surface area contributed by atoms with Gasteiger partial charge >= 0.3 is 5.97 Å². The Kier molecular flexibility index (Phi) is 4.32. The van der Waals surface area contributed by atoms with Gasteiger partial charge in [0.15, 0.2) is 0 Å². The minimum Gasteiger partial charge on any atom is -0.480 e. The van der Waals surface area contributed by atoms with E-state index in [1.807, 2.05) is 0 Å². The van der Waals surface area contributed by atoms with Crippen molar-refractivity contribution in [1.82, 2.24) is 4.90 Å². The third-order valence-electron chi connectivity index (χ3n) is 5.60. The minimum absolute atomic E-state index is 0.229. The monoisotopic (exact) mass is 281 g/mol. The van der Waals surface area contributed by atoms with Crippen LogP contribution in [0.1, 0.15) is 51.9 Å². The fourth-order valence-corrected chi connectivity index (χ4v) is 4.72. The van der Waals surface area contributed by atoms with E-state index in [9.17, 15) is 9.90 Å². The van der Waals surface area contributed by atoms with Gasteiger partial charge in [-0.25, -0.2) is 0 Å². The van der Waals surface area contributed by atoms with Crippen molar-refractivity contribution in [2.24, 2.45) is 11.8 Å². The number of hydrogen-bond acceptors (Lipinski definition) is 3. The largest absolute Gasteiger partial charge is 0.480 e. The smallest absolute Gasteiger partial charge is 0.321 e. The topological polar surface area (TPSA) is 49.8 Å². The lowest BCUT2D eigenvalue weighted by molar-refractivity contribution is -0.145. The van der Waals surface area contributed by atoms with E-state index in [1.165, 1.54) is 12.8 Å². The highest BCUT2D eigenvalue weighted by Gasteiger charge is 2.50. The zero-order valence-corrected chi connectivity index (χ0v) is 12.5. The summed E-state index contributed by atoms with van der Waals surface area (Å²) in [5.74, 6) is 0.432. The molecule has 4 nitrogen and oxygen atoms in total. The molecule has 0 aromatic heterocycles. The number of rotatable bonds is 4. The van der Waals surface area contributed by atoms with Crippen molar-refractivity contribution in [3.8, 4) is 0 Å². The SMILES string of the molecule is CCCC1CC(N2CC3CCCC3C2C(=O)O)CCO1. The summed E-state index contributed by atoms with van der Waals surface area (Å²) in [4.78, 5) is 14.1. The van der Waals surface area contributed by atoms with Crippen molar-refractivity contribution in [3.05, 3.63) is 0 Å². The van der Waals surface area contributed by atoms with Crippen LogP contribution < -0.4 is 0 Å². The van der Waals surface area contributed by atoms with Crippen molar-refractivity contribution in [2.75, 3.05) is 13.2 Å². The Bertz CT molecular complexity index is 358. The fourth-order valence-electron chi connectivity index (χ4n) is 4.72. The molecule has 1 aliphatic carbocycles. The van der Waals surface area contributed by atoms with Gasteiger partial charge in [0.05, 0.1) is 6.10 Å². The Hall–Kier alpha value is -0.610. The average molecular weight is 281 g/mol. The first-order chi connectivity index (χ1) is 9.70. The molecule has 2 aliphatic heterocycles. The number of aliphatic carboxylic acids is 1. The van der Waals surface area contributed by atoms with Gasteiger partial charge in [0.2, 0.25) is 0 Å². The third kappa shape index (κ3) is 2.60. The van der Waals surface area contributed by atoms with Gasteiger partial charge in [-0.15, -0.1) is 0 Å². The molecule has 5 atom stereocenters. The van der Waals surface area contributed by atoms with E-state index in [2.05, 4.69) is 11.8 Å². The molecule has 3 rings (SSSR count). The first-order valence-electron chi connectivity index (χ1n) is 8.30. The van der Waals surface area contributed by atoms with E-state index in [4.69, 9.17) is 4.74 Å². The van der Waals surface area contributed by atoms with Gasteiger partial charge < -0.3 is 9.84 Å². The van der Waals surface area contributed by atoms with Crippen LogP contribution in [0, 0.1) is 11.8 Å². The Morgan fingerprint density at radius 1 is 1.35 bits per heavy atom. The maximum absolute atomic E-state index is 11.7. The number of nitrogens with zero attached hydrogens (tertiary/aromatic N) is 1. The van der Waals surface area contributed by atoms with E-state index < -0.39 is 5.97 Å². The maximum atomic E-state index is 11.7. The highest BCUT2D eigenvalue weighted by Crippen LogP contribution is 2.44. The number of hydrogen-bond donors (Lipinski definition) is 1. The van der Waals surface area contributed by atoms with E-state index in [-0.39, 0.29) is 6.04 Å². The second-order valence-corrected chi connectivity index (χ2v) is 6.79. The second kappa shape index (κ2) is 6.02. The van der Waals surface area contributed by atoms with Gasteiger partial charge in [0.1, 0.15) is 6.04 Å². The Morgan fingerprint density at radius 2 is 2.20 bits per heavy atom. The van der Waals surface area contributed by atoms with Crippen LogP contribution in [-0.2, 0) is 9.53 Å². The van der Waals surface area contributed by atoms with E-state index in [0.29, 0.717) is 24.0 Å². The molecule has 20 heavy (non-hydrogen) atoms. The summed E-state index contributed by atoms with van der Waals surface area (Å²) >= 11 is 0. The summed E-state index contributed by atoms with van der Waals surface area (Å²) < 4.78 is 5.82. The lowest BCUT2D eigenvalue weighted by Crippen LogP contribution is -2.49. The van der Waals surface area contributed by atoms with Gasteiger partial charge in [-0.05, 0) is 43.9 Å². The van der Waals surface area contributed by atoms with Crippen LogP contribution in [0.15, 0.2) is 0 Å². The lowest BCUT2D eigenvalue weighted by atomic mass is 9.93. The number of ether oxygens (including phenoxy) is 1. The first-order valence-corrected chi connectivity index (χ1v) is 8.30. The number of carbonyl (C=O) groups is 1. The zero-order valence-electron chi connectivity index (χ0n) is 12.5. The van der Waals surface area contributed by atoms with Crippen LogP contribution in [0.2, 0.25) is 0 Å². The molecule has 1 saturated carbocycles. The van der Waals surface area contributed by atoms with E-state index >= 15 is 0 Å². The van der Waals surface area contributed by atoms with Crippen LogP contribution >= 0.6 is 0 Å². The standard InChI is InChI=1S/C16H27NO3/c1-2-4-13-9-12(7-8-20-13)17-10-11-5-3-6-14(11)15(17)16(18)19/h11-15H,2-10H2,1H3,(H,18,19). The van der Waals surface area contributed by atoms with Crippen molar-refractivity contribution in [2.45, 2.75) is 70.1 Å². The van der Waals surface area contributed by atoms with Crippen molar-refractivity contribution in [1.29, 1.82) is 0 Å². The molecular weight excluding hydrogens is 254 g/mol. The van der Waals surface area contributed by atoms with Crippen LogP contribution in [0.25, 0.3) is 0 Å². The highest BCUT2D eigenvalue weighted by atomic mass is 16.5.